The number of carbonyl (C=O) groups excluding carboxylic acids is 2. The molecule has 2 atom stereocenters. The second-order valence-corrected chi connectivity index (χ2v) is 11.7. The standard InChI is InChI=1S/C32H39N5O5/c1-32(2,3)41-31(39)37(27-15-16-36(22-27)21-26-18-24-8-4-5-9-25(24)20-33-26)28-13-11-23(19-34-28)12-14-29(38)35-42-30-10-6-7-17-40-30/h4-5,8-9,11-14,18-20,27,30H,6-7,10,15-17,21-22H2,1-3H3,(H,35,38)/b14-12+/t27-,30?/m1/s1. The first-order valence-electron chi connectivity index (χ1n) is 14.5. The second-order valence-electron chi connectivity index (χ2n) is 11.7. The van der Waals surface area contributed by atoms with Crippen LogP contribution in [0.1, 0.15) is 57.7 Å². The van der Waals surface area contributed by atoms with Crippen LogP contribution in [0.3, 0.4) is 0 Å². The topological polar surface area (TPSA) is 106 Å². The van der Waals surface area contributed by atoms with Crippen LogP contribution in [0.25, 0.3) is 16.8 Å². The maximum atomic E-state index is 13.4. The number of aromatic nitrogens is 2. The van der Waals surface area contributed by atoms with Crippen LogP contribution < -0.4 is 10.4 Å². The first-order valence-corrected chi connectivity index (χ1v) is 14.5. The lowest BCUT2D eigenvalue weighted by Gasteiger charge is -2.31. The number of hydroxylamine groups is 1. The molecule has 10 heteroatoms. The zero-order valence-electron chi connectivity index (χ0n) is 24.5. The summed E-state index contributed by atoms with van der Waals surface area (Å²) in [6.45, 7) is 8.38. The minimum Gasteiger partial charge on any atom is -0.443 e. The molecule has 0 bridgehead atoms. The highest BCUT2D eigenvalue weighted by atomic mass is 16.8. The van der Waals surface area contributed by atoms with Crippen molar-refractivity contribution in [1.29, 1.82) is 0 Å². The molecule has 1 unspecified atom stereocenters. The van der Waals surface area contributed by atoms with Gasteiger partial charge in [0.05, 0.1) is 11.7 Å². The van der Waals surface area contributed by atoms with Gasteiger partial charge in [0, 0.05) is 56.5 Å². The molecule has 5 rings (SSSR count). The molecule has 2 fully saturated rings. The highest BCUT2D eigenvalue weighted by molar-refractivity contribution is 5.91. The highest BCUT2D eigenvalue weighted by Crippen LogP contribution is 2.26. The fourth-order valence-electron chi connectivity index (χ4n) is 5.12. The molecule has 4 heterocycles. The lowest BCUT2D eigenvalue weighted by atomic mass is 10.1. The Bertz CT molecular complexity index is 1400. The summed E-state index contributed by atoms with van der Waals surface area (Å²) < 4.78 is 11.2. The predicted molar refractivity (Wildman–Crippen MR) is 160 cm³/mol. The van der Waals surface area contributed by atoms with Crippen molar-refractivity contribution in [3.8, 4) is 0 Å². The van der Waals surface area contributed by atoms with Crippen LogP contribution in [-0.4, -0.2) is 64.5 Å². The Hall–Kier alpha value is -3.86. The van der Waals surface area contributed by atoms with Crippen LogP contribution in [0, 0.1) is 0 Å². The number of hydrogen-bond acceptors (Lipinski definition) is 8. The summed E-state index contributed by atoms with van der Waals surface area (Å²) in [5.41, 5.74) is 3.46. The van der Waals surface area contributed by atoms with Crippen LogP contribution in [-0.2, 0) is 25.7 Å². The first-order chi connectivity index (χ1) is 20.2. The van der Waals surface area contributed by atoms with Crippen molar-refractivity contribution < 1.29 is 23.9 Å². The van der Waals surface area contributed by atoms with Gasteiger partial charge in [0.2, 0.25) is 0 Å². The normalized spacial score (nSPS) is 19.7. The van der Waals surface area contributed by atoms with Gasteiger partial charge in [-0.2, -0.15) is 0 Å². The number of benzene rings is 1. The average molecular weight is 574 g/mol. The summed E-state index contributed by atoms with van der Waals surface area (Å²) in [4.78, 5) is 44.1. The summed E-state index contributed by atoms with van der Waals surface area (Å²) in [7, 11) is 0. The molecule has 0 radical (unpaired) electrons. The van der Waals surface area contributed by atoms with Crippen molar-refractivity contribution in [3.05, 3.63) is 72.2 Å². The Morgan fingerprint density at radius 3 is 2.67 bits per heavy atom. The minimum atomic E-state index is -0.649. The van der Waals surface area contributed by atoms with Crippen LogP contribution >= 0.6 is 0 Å². The number of rotatable bonds is 8. The smallest absolute Gasteiger partial charge is 0.416 e. The largest absolute Gasteiger partial charge is 0.443 e. The van der Waals surface area contributed by atoms with Gasteiger partial charge in [-0.05, 0) is 75.3 Å². The van der Waals surface area contributed by atoms with Gasteiger partial charge in [-0.1, -0.05) is 24.3 Å². The van der Waals surface area contributed by atoms with E-state index in [1.165, 1.54) is 6.08 Å². The lowest BCUT2D eigenvalue weighted by molar-refractivity contribution is -0.198. The minimum absolute atomic E-state index is 0.112. The van der Waals surface area contributed by atoms with Crippen molar-refractivity contribution in [2.45, 2.75) is 70.9 Å². The molecule has 2 aliphatic rings. The Kier molecular flexibility index (Phi) is 9.46. The number of likely N-dealkylation sites (tertiary alicyclic amines) is 1. The number of nitrogens with zero attached hydrogens (tertiary/aromatic N) is 4. The quantitative estimate of drug-likeness (QED) is 0.288. The van der Waals surface area contributed by atoms with E-state index in [0.29, 0.717) is 31.1 Å². The third-order valence-corrected chi connectivity index (χ3v) is 7.15. The molecule has 3 aromatic rings. The van der Waals surface area contributed by atoms with Gasteiger partial charge in [-0.15, -0.1) is 0 Å². The number of carbonyl (C=O) groups is 2. The van der Waals surface area contributed by atoms with Crippen LogP contribution in [0.4, 0.5) is 10.6 Å². The van der Waals surface area contributed by atoms with E-state index in [0.717, 1.165) is 48.7 Å². The van der Waals surface area contributed by atoms with Crippen molar-refractivity contribution in [2.24, 2.45) is 0 Å². The van der Waals surface area contributed by atoms with E-state index < -0.39 is 23.9 Å². The summed E-state index contributed by atoms with van der Waals surface area (Å²) >= 11 is 0. The van der Waals surface area contributed by atoms with Crippen molar-refractivity contribution >= 4 is 34.7 Å². The number of ether oxygens (including phenoxy) is 2. The summed E-state index contributed by atoms with van der Waals surface area (Å²) in [6, 6.07) is 13.8. The number of pyridine rings is 2. The molecule has 2 saturated heterocycles. The predicted octanol–water partition coefficient (Wildman–Crippen LogP) is 5.23. The Morgan fingerprint density at radius 1 is 1.10 bits per heavy atom. The van der Waals surface area contributed by atoms with E-state index in [1.807, 2.05) is 45.2 Å². The fraction of sp³-hybridized carbons (Fsp3) is 0.438. The first kappa shape index (κ1) is 29.6. The number of hydrogen-bond donors (Lipinski definition) is 1. The third-order valence-electron chi connectivity index (χ3n) is 7.15. The Balaban J connectivity index is 1.23. The summed E-state index contributed by atoms with van der Waals surface area (Å²) in [5, 5.41) is 2.28. The maximum Gasteiger partial charge on any atom is 0.416 e. The van der Waals surface area contributed by atoms with Crippen molar-refractivity contribution in [1.82, 2.24) is 20.3 Å². The zero-order valence-corrected chi connectivity index (χ0v) is 24.5. The number of nitrogens with one attached hydrogen (secondary N) is 1. The average Bonchev–Trinajstić information content (AvgIpc) is 3.43. The van der Waals surface area contributed by atoms with E-state index in [1.54, 1.807) is 23.2 Å². The molecule has 0 aliphatic carbocycles. The molecule has 42 heavy (non-hydrogen) atoms. The maximum absolute atomic E-state index is 13.4. The Labute approximate surface area is 246 Å². The van der Waals surface area contributed by atoms with Gasteiger partial charge in [-0.3, -0.25) is 19.6 Å². The molecular formula is C32H39N5O5. The van der Waals surface area contributed by atoms with E-state index in [2.05, 4.69) is 38.5 Å². The monoisotopic (exact) mass is 573 g/mol. The molecule has 10 nitrogen and oxygen atoms in total. The molecule has 0 spiro atoms. The highest BCUT2D eigenvalue weighted by Gasteiger charge is 2.35. The number of anilines is 1. The molecule has 2 amide bonds. The fourth-order valence-corrected chi connectivity index (χ4v) is 5.12. The van der Waals surface area contributed by atoms with Gasteiger partial charge >= 0.3 is 6.09 Å². The van der Waals surface area contributed by atoms with Crippen LogP contribution in [0.15, 0.2) is 60.9 Å². The van der Waals surface area contributed by atoms with Gasteiger partial charge in [0.1, 0.15) is 11.4 Å². The lowest BCUT2D eigenvalue weighted by Crippen LogP contribution is -2.45. The molecule has 1 aromatic carbocycles. The van der Waals surface area contributed by atoms with Crippen molar-refractivity contribution in [2.75, 3.05) is 24.6 Å². The Morgan fingerprint density at radius 2 is 1.93 bits per heavy atom. The van der Waals surface area contributed by atoms with E-state index >= 15 is 0 Å². The van der Waals surface area contributed by atoms with Crippen LogP contribution in [0.5, 0.6) is 0 Å². The van der Waals surface area contributed by atoms with Gasteiger partial charge in [0.25, 0.3) is 5.91 Å². The van der Waals surface area contributed by atoms with Crippen molar-refractivity contribution in [3.63, 3.8) is 0 Å². The molecule has 2 aromatic heterocycles. The van der Waals surface area contributed by atoms with E-state index in [4.69, 9.17) is 14.3 Å². The molecule has 222 valence electrons. The van der Waals surface area contributed by atoms with Gasteiger partial charge < -0.3 is 9.47 Å². The third kappa shape index (κ3) is 8.12. The molecule has 2 aliphatic heterocycles. The zero-order chi connectivity index (χ0) is 29.5. The van der Waals surface area contributed by atoms with Crippen LogP contribution in [0.2, 0.25) is 0 Å². The second kappa shape index (κ2) is 13.4. The van der Waals surface area contributed by atoms with E-state index in [-0.39, 0.29) is 6.04 Å². The van der Waals surface area contributed by atoms with Gasteiger partial charge in [0.15, 0.2) is 6.29 Å². The molecule has 1 N–H and O–H groups in total. The summed E-state index contributed by atoms with van der Waals surface area (Å²) in [5.74, 6) is 0.106. The van der Waals surface area contributed by atoms with E-state index in [9.17, 15) is 9.59 Å². The molecular weight excluding hydrogens is 534 g/mol. The number of fused-ring (bicyclic) bond motifs is 1. The summed E-state index contributed by atoms with van der Waals surface area (Å²) in [6.07, 6.45) is 9.26. The number of amides is 2. The molecule has 0 saturated carbocycles. The SMILES string of the molecule is CC(C)(C)OC(=O)N(c1ccc(/C=C/C(=O)NOC2CCCCO2)cn1)[C@@H]1CCN(Cc2cc3ccccc3cn2)C1. The van der Waals surface area contributed by atoms with Gasteiger partial charge in [-0.25, -0.2) is 20.1 Å².